The van der Waals surface area contributed by atoms with Gasteiger partial charge in [0.15, 0.2) is 0 Å². The van der Waals surface area contributed by atoms with E-state index in [0.717, 1.165) is 12.1 Å². The van der Waals surface area contributed by atoms with Gasteiger partial charge in [0.1, 0.15) is 5.69 Å². The lowest BCUT2D eigenvalue weighted by Crippen LogP contribution is -2.09. The summed E-state index contributed by atoms with van der Waals surface area (Å²) in [6.45, 7) is 6.41. The SMILES string of the molecule is CC(C)(C)Cc1nnc(-c2ccccn2)o1. The number of pyridine rings is 1. The second-order valence-electron chi connectivity index (χ2n) is 4.95. The van der Waals surface area contributed by atoms with Crippen LogP contribution < -0.4 is 0 Å². The normalized spacial score (nSPS) is 11.7. The molecule has 0 atom stereocenters. The average molecular weight is 217 g/mol. The van der Waals surface area contributed by atoms with Gasteiger partial charge < -0.3 is 4.42 Å². The Bertz CT molecular complexity index is 457. The molecule has 0 amide bonds. The molecule has 4 heteroatoms. The summed E-state index contributed by atoms with van der Waals surface area (Å²) < 4.78 is 5.56. The fraction of sp³-hybridized carbons (Fsp3) is 0.417. The van der Waals surface area contributed by atoms with E-state index < -0.39 is 0 Å². The molecule has 0 fully saturated rings. The molecule has 2 heterocycles. The quantitative estimate of drug-likeness (QED) is 0.776. The predicted octanol–water partition coefficient (Wildman–Crippen LogP) is 2.72. The van der Waals surface area contributed by atoms with Gasteiger partial charge in [0, 0.05) is 12.6 Å². The minimum Gasteiger partial charge on any atom is -0.419 e. The van der Waals surface area contributed by atoms with E-state index in [2.05, 4.69) is 36.0 Å². The van der Waals surface area contributed by atoms with E-state index in [1.165, 1.54) is 0 Å². The van der Waals surface area contributed by atoms with E-state index >= 15 is 0 Å². The van der Waals surface area contributed by atoms with Crippen molar-refractivity contribution in [3.05, 3.63) is 30.3 Å². The maximum absolute atomic E-state index is 5.56. The van der Waals surface area contributed by atoms with Crippen LogP contribution in [0.3, 0.4) is 0 Å². The first-order chi connectivity index (χ1) is 7.54. The Labute approximate surface area is 94.7 Å². The molecule has 0 spiro atoms. The first kappa shape index (κ1) is 10.8. The molecule has 0 radical (unpaired) electrons. The van der Waals surface area contributed by atoms with Gasteiger partial charge in [0.05, 0.1) is 0 Å². The van der Waals surface area contributed by atoms with Gasteiger partial charge in [-0.3, -0.25) is 4.98 Å². The Kier molecular flexibility index (Phi) is 2.73. The fourth-order valence-corrected chi connectivity index (χ4v) is 1.37. The summed E-state index contributed by atoms with van der Waals surface area (Å²) in [5.74, 6) is 1.15. The van der Waals surface area contributed by atoms with Crippen LogP contribution in [0.5, 0.6) is 0 Å². The van der Waals surface area contributed by atoms with Crippen LogP contribution in [0.2, 0.25) is 0 Å². The molecule has 4 nitrogen and oxygen atoms in total. The van der Waals surface area contributed by atoms with Crippen LogP contribution in [0, 0.1) is 5.41 Å². The fourth-order valence-electron chi connectivity index (χ4n) is 1.37. The molecule has 0 saturated carbocycles. The highest BCUT2D eigenvalue weighted by atomic mass is 16.4. The van der Waals surface area contributed by atoms with Crippen LogP contribution >= 0.6 is 0 Å². The summed E-state index contributed by atoms with van der Waals surface area (Å²) in [6, 6.07) is 5.61. The van der Waals surface area contributed by atoms with Crippen molar-refractivity contribution in [1.29, 1.82) is 0 Å². The van der Waals surface area contributed by atoms with Gasteiger partial charge in [-0.15, -0.1) is 10.2 Å². The molecule has 0 saturated heterocycles. The number of hydrogen-bond acceptors (Lipinski definition) is 4. The van der Waals surface area contributed by atoms with Gasteiger partial charge in [0.25, 0.3) is 5.89 Å². The zero-order chi connectivity index (χ0) is 11.6. The molecule has 0 unspecified atom stereocenters. The molecule has 0 N–H and O–H groups in total. The highest BCUT2D eigenvalue weighted by Gasteiger charge is 2.17. The molecule has 0 aliphatic heterocycles. The second kappa shape index (κ2) is 4.04. The van der Waals surface area contributed by atoms with Gasteiger partial charge in [-0.1, -0.05) is 26.8 Å². The standard InChI is InChI=1S/C12H15N3O/c1-12(2,3)8-10-14-15-11(16-10)9-6-4-5-7-13-9/h4-7H,8H2,1-3H3. The Morgan fingerprint density at radius 2 is 2.00 bits per heavy atom. The molecule has 0 aliphatic carbocycles. The van der Waals surface area contributed by atoms with Crippen molar-refractivity contribution in [3.8, 4) is 11.6 Å². The van der Waals surface area contributed by atoms with Gasteiger partial charge in [-0.25, -0.2) is 0 Å². The van der Waals surface area contributed by atoms with Gasteiger partial charge in [-0.2, -0.15) is 0 Å². The minimum atomic E-state index is 0.147. The summed E-state index contributed by atoms with van der Waals surface area (Å²) in [7, 11) is 0. The van der Waals surface area contributed by atoms with Crippen molar-refractivity contribution >= 4 is 0 Å². The van der Waals surface area contributed by atoms with Crippen molar-refractivity contribution in [2.45, 2.75) is 27.2 Å². The zero-order valence-electron chi connectivity index (χ0n) is 9.77. The van der Waals surface area contributed by atoms with Crippen molar-refractivity contribution in [3.63, 3.8) is 0 Å². The first-order valence-corrected chi connectivity index (χ1v) is 5.28. The van der Waals surface area contributed by atoms with Gasteiger partial charge >= 0.3 is 0 Å². The van der Waals surface area contributed by atoms with Crippen LogP contribution in [0.1, 0.15) is 26.7 Å². The third-order valence-corrected chi connectivity index (χ3v) is 2.03. The second-order valence-corrected chi connectivity index (χ2v) is 4.95. The Morgan fingerprint density at radius 1 is 1.19 bits per heavy atom. The predicted molar refractivity (Wildman–Crippen MR) is 60.7 cm³/mol. The van der Waals surface area contributed by atoms with E-state index in [4.69, 9.17) is 4.42 Å². The molecule has 0 bridgehead atoms. The van der Waals surface area contributed by atoms with Crippen LogP contribution in [0.25, 0.3) is 11.6 Å². The van der Waals surface area contributed by atoms with Crippen LogP contribution in [0.15, 0.2) is 28.8 Å². The molecule has 2 rings (SSSR count). The minimum absolute atomic E-state index is 0.147. The van der Waals surface area contributed by atoms with Crippen LogP contribution in [-0.4, -0.2) is 15.2 Å². The third kappa shape index (κ3) is 2.66. The zero-order valence-corrected chi connectivity index (χ0v) is 9.77. The van der Waals surface area contributed by atoms with Crippen LogP contribution in [0.4, 0.5) is 0 Å². The summed E-state index contributed by atoms with van der Waals surface area (Å²) in [5, 5.41) is 8.01. The lowest BCUT2D eigenvalue weighted by molar-refractivity contribution is 0.357. The van der Waals surface area contributed by atoms with E-state index in [1.807, 2.05) is 18.2 Å². The van der Waals surface area contributed by atoms with Crippen molar-refractivity contribution in [2.24, 2.45) is 5.41 Å². The summed E-state index contributed by atoms with van der Waals surface area (Å²) in [4.78, 5) is 4.16. The molecule has 2 aromatic heterocycles. The summed E-state index contributed by atoms with van der Waals surface area (Å²) in [6.07, 6.45) is 2.48. The van der Waals surface area contributed by atoms with Crippen molar-refractivity contribution < 1.29 is 4.42 Å². The van der Waals surface area contributed by atoms with E-state index in [1.54, 1.807) is 6.20 Å². The molecule has 2 aromatic rings. The van der Waals surface area contributed by atoms with Gasteiger partial charge in [-0.05, 0) is 17.5 Å². The van der Waals surface area contributed by atoms with Crippen molar-refractivity contribution in [1.82, 2.24) is 15.2 Å². The number of hydrogen-bond donors (Lipinski definition) is 0. The monoisotopic (exact) mass is 217 g/mol. The first-order valence-electron chi connectivity index (χ1n) is 5.28. The lowest BCUT2D eigenvalue weighted by Gasteiger charge is -2.14. The Morgan fingerprint density at radius 3 is 2.62 bits per heavy atom. The van der Waals surface area contributed by atoms with E-state index in [-0.39, 0.29) is 5.41 Å². The summed E-state index contributed by atoms with van der Waals surface area (Å²) in [5.41, 5.74) is 0.864. The smallest absolute Gasteiger partial charge is 0.266 e. The Balaban J connectivity index is 2.21. The van der Waals surface area contributed by atoms with E-state index in [9.17, 15) is 0 Å². The van der Waals surface area contributed by atoms with Gasteiger partial charge in [0.2, 0.25) is 5.89 Å². The maximum atomic E-state index is 5.56. The number of rotatable bonds is 2. The molecule has 16 heavy (non-hydrogen) atoms. The highest BCUT2D eigenvalue weighted by Crippen LogP contribution is 2.22. The molecular weight excluding hydrogens is 202 g/mol. The molecular formula is C12H15N3O. The van der Waals surface area contributed by atoms with Crippen LogP contribution in [-0.2, 0) is 6.42 Å². The largest absolute Gasteiger partial charge is 0.419 e. The third-order valence-electron chi connectivity index (χ3n) is 2.03. The van der Waals surface area contributed by atoms with Crippen molar-refractivity contribution in [2.75, 3.05) is 0 Å². The molecule has 84 valence electrons. The molecule has 0 aliphatic rings. The lowest BCUT2D eigenvalue weighted by atomic mass is 9.92. The average Bonchev–Trinajstić information content (AvgIpc) is 2.65. The number of aromatic nitrogens is 3. The maximum Gasteiger partial charge on any atom is 0.266 e. The van der Waals surface area contributed by atoms with E-state index in [0.29, 0.717) is 11.8 Å². The Hall–Kier alpha value is -1.71. The summed E-state index contributed by atoms with van der Waals surface area (Å²) >= 11 is 0. The molecule has 0 aromatic carbocycles. The number of nitrogens with zero attached hydrogens (tertiary/aromatic N) is 3. The highest BCUT2D eigenvalue weighted by molar-refractivity contribution is 5.44. The topological polar surface area (TPSA) is 51.8 Å².